The Kier molecular flexibility index (Phi) is 13.2. The van der Waals surface area contributed by atoms with Crippen LogP contribution in [0, 0.1) is 0 Å². The maximum atomic E-state index is 12.9. The second-order valence-electron chi connectivity index (χ2n) is 7.94. The van der Waals surface area contributed by atoms with E-state index in [-0.39, 0.29) is 18.6 Å². The molecule has 3 amide bonds. The SMILES string of the molecule is CC(O)C(N)C(=O)NC(CCCCN)C(=O)NC(CS)C(=O)NC(Cc1ccccc1)C(=O)O. The number of carboxylic acid groups (broad SMARTS) is 1. The molecule has 5 unspecified atom stereocenters. The van der Waals surface area contributed by atoms with Crippen LogP contribution >= 0.6 is 12.6 Å². The third kappa shape index (κ3) is 10.1. The summed E-state index contributed by atoms with van der Waals surface area (Å²) in [5, 5.41) is 26.5. The van der Waals surface area contributed by atoms with Crippen molar-refractivity contribution < 1.29 is 29.4 Å². The van der Waals surface area contributed by atoms with Crippen LogP contribution in [0.5, 0.6) is 0 Å². The van der Waals surface area contributed by atoms with Crippen molar-refractivity contribution in [2.45, 2.75) is 62.9 Å². The highest BCUT2D eigenvalue weighted by Gasteiger charge is 2.30. The van der Waals surface area contributed by atoms with Gasteiger partial charge in [0.15, 0.2) is 0 Å². The number of hydrogen-bond acceptors (Lipinski definition) is 8. The van der Waals surface area contributed by atoms with Crippen molar-refractivity contribution in [1.82, 2.24) is 16.0 Å². The summed E-state index contributed by atoms with van der Waals surface area (Å²) >= 11 is 4.11. The molecule has 1 aromatic carbocycles. The number of carbonyl (C=O) groups is 4. The van der Waals surface area contributed by atoms with Crippen LogP contribution in [0.4, 0.5) is 0 Å². The molecule has 0 bridgehead atoms. The van der Waals surface area contributed by atoms with Gasteiger partial charge in [-0.15, -0.1) is 0 Å². The number of aliphatic hydroxyl groups is 1. The van der Waals surface area contributed by atoms with E-state index in [0.29, 0.717) is 19.4 Å². The van der Waals surface area contributed by atoms with Crippen molar-refractivity contribution >= 4 is 36.3 Å². The first-order chi connectivity index (χ1) is 16.1. The first-order valence-corrected chi connectivity index (χ1v) is 11.7. The fraction of sp³-hybridized carbons (Fsp3) is 0.545. The summed E-state index contributed by atoms with van der Waals surface area (Å²) in [7, 11) is 0. The molecule has 1 aromatic rings. The number of carboxylic acids is 1. The van der Waals surface area contributed by atoms with E-state index in [9.17, 15) is 29.4 Å². The molecule has 0 aliphatic heterocycles. The van der Waals surface area contributed by atoms with E-state index in [4.69, 9.17) is 11.5 Å². The van der Waals surface area contributed by atoms with Gasteiger partial charge in [0.25, 0.3) is 0 Å². The zero-order chi connectivity index (χ0) is 25.7. The molecule has 0 saturated heterocycles. The molecule has 0 fully saturated rings. The van der Waals surface area contributed by atoms with Crippen molar-refractivity contribution in [1.29, 1.82) is 0 Å². The molecule has 5 atom stereocenters. The zero-order valence-corrected chi connectivity index (χ0v) is 20.0. The second-order valence-corrected chi connectivity index (χ2v) is 8.31. The molecule has 0 aliphatic carbocycles. The number of thiol groups is 1. The first-order valence-electron chi connectivity index (χ1n) is 11.0. The average Bonchev–Trinajstić information content (AvgIpc) is 2.81. The van der Waals surface area contributed by atoms with Crippen molar-refractivity contribution in [3.63, 3.8) is 0 Å². The molecule has 0 saturated carbocycles. The summed E-state index contributed by atoms with van der Waals surface area (Å²) in [5.41, 5.74) is 11.9. The Morgan fingerprint density at radius 1 is 0.941 bits per heavy atom. The standard InChI is InChI=1S/C22H35N5O6S/c1-13(28)18(24)21(31)25-15(9-5-6-10-23)19(29)27-17(12-34)20(30)26-16(22(32)33)11-14-7-3-2-4-8-14/h2-4,7-8,13,15-18,28,34H,5-6,9-12,23-24H2,1H3,(H,25,31)(H,26,30)(H,27,29)(H,32,33). The quantitative estimate of drug-likeness (QED) is 0.106. The predicted molar refractivity (Wildman–Crippen MR) is 130 cm³/mol. The van der Waals surface area contributed by atoms with E-state index in [1.165, 1.54) is 6.92 Å². The highest BCUT2D eigenvalue weighted by molar-refractivity contribution is 7.80. The van der Waals surface area contributed by atoms with Crippen LogP contribution in [0.1, 0.15) is 31.7 Å². The largest absolute Gasteiger partial charge is 0.480 e. The Labute approximate surface area is 204 Å². The number of nitrogens with one attached hydrogen (secondary N) is 3. The number of nitrogens with two attached hydrogens (primary N) is 2. The number of aliphatic carboxylic acids is 1. The predicted octanol–water partition coefficient (Wildman–Crippen LogP) is -1.46. The van der Waals surface area contributed by atoms with Gasteiger partial charge in [0, 0.05) is 12.2 Å². The molecular formula is C22H35N5O6S. The normalized spacial score (nSPS) is 15.3. The van der Waals surface area contributed by atoms with Gasteiger partial charge in [-0.1, -0.05) is 30.3 Å². The molecule has 9 N–H and O–H groups in total. The number of hydrogen-bond donors (Lipinski definition) is 8. The maximum Gasteiger partial charge on any atom is 0.326 e. The third-order valence-corrected chi connectivity index (χ3v) is 5.48. The van der Waals surface area contributed by atoms with Gasteiger partial charge < -0.3 is 37.6 Å². The maximum absolute atomic E-state index is 12.9. The van der Waals surface area contributed by atoms with Crippen LogP contribution in [0.15, 0.2) is 30.3 Å². The van der Waals surface area contributed by atoms with Crippen molar-refractivity contribution in [2.75, 3.05) is 12.3 Å². The van der Waals surface area contributed by atoms with E-state index in [1.54, 1.807) is 30.3 Å². The molecule has 11 nitrogen and oxygen atoms in total. The topological polar surface area (TPSA) is 197 Å². The van der Waals surface area contributed by atoms with Gasteiger partial charge in [0.05, 0.1) is 6.10 Å². The highest BCUT2D eigenvalue weighted by atomic mass is 32.1. The molecule has 1 rings (SSSR count). The number of benzene rings is 1. The lowest BCUT2D eigenvalue weighted by Gasteiger charge is -2.25. The zero-order valence-electron chi connectivity index (χ0n) is 19.1. The van der Waals surface area contributed by atoms with Crippen LogP contribution < -0.4 is 27.4 Å². The summed E-state index contributed by atoms with van der Waals surface area (Å²) < 4.78 is 0. The molecule has 0 radical (unpaired) electrons. The summed E-state index contributed by atoms with van der Waals surface area (Å²) in [4.78, 5) is 49.5. The minimum atomic E-state index is -1.23. The van der Waals surface area contributed by atoms with Crippen LogP contribution in [0.3, 0.4) is 0 Å². The van der Waals surface area contributed by atoms with E-state index in [2.05, 4.69) is 28.6 Å². The van der Waals surface area contributed by atoms with Crippen molar-refractivity contribution in [3.05, 3.63) is 35.9 Å². The number of amides is 3. The molecule has 0 spiro atoms. The lowest BCUT2D eigenvalue weighted by molar-refractivity contribution is -0.142. The van der Waals surface area contributed by atoms with Gasteiger partial charge in [-0.3, -0.25) is 14.4 Å². The minimum absolute atomic E-state index is 0.0597. The minimum Gasteiger partial charge on any atom is -0.480 e. The molecule has 0 aromatic heterocycles. The summed E-state index contributed by atoms with van der Waals surface area (Å²) in [6, 6.07) is 4.18. The van der Waals surface area contributed by atoms with Gasteiger partial charge in [0.2, 0.25) is 17.7 Å². The van der Waals surface area contributed by atoms with Crippen LogP contribution in [-0.2, 0) is 25.6 Å². The fourth-order valence-corrected chi connectivity index (χ4v) is 3.29. The Morgan fingerprint density at radius 3 is 2.03 bits per heavy atom. The lowest BCUT2D eigenvalue weighted by Crippen LogP contribution is -2.58. The smallest absolute Gasteiger partial charge is 0.326 e. The Bertz CT molecular complexity index is 810. The second kappa shape index (κ2) is 15.3. The average molecular weight is 498 g/mol. The first kappa shape index (κ1) is 29.4. The molecule has 0 heterocycles. The monoisotopic (exact) mass is 497 g/mol. The Morgan fingerprint density at radius 2 is 1.50 bits per heavy atom. The number of aliphatic hydroxyl groups excluding tert-OH is 1. The molecule has 34 heavy (non-hydrogen) atoms. The Balaban J connectivity index is 2.86. The molecule has 0 aliphatic rings. The fourth-order valence-electron chi connectivity index (χ4n) is 3.04. The molecular weight excluding hydrogens is 462 g/mol. The van der Waals surface area contributed by atoms with E-state index in [1.807, 2.05) is 0 Å². The molecule has 190 valence electrons. The number of unbranched alkanes of at least 4 members (excludes halogenated alkanes) is 1. The summed E-state index contributed by atoms with van der Waals surface area (Å²) in [6.45, 7) is 1.75. The van der Waals surface area contributed by atoms with Crippen LogP contribution in [-0.4, -0.2) is 76.5 Å². The van der Waals surface area contributed by atoms with Gasteiger partial charge in [-0.05, 0) is 38.3 Å². The van der Waals surface area contributed by atoms with E-state index >= 15 is 0 Å². The number of rotatable bonds is 15. The van der Waals surface area contributed by atoms with E-state index in [0.717, 1.165) is 5.56 Å². The van der Waals surface area contributed by atoms with Crippen LogP contribution in [0.2, 0.25) is 0 Å². The number of carbonyl (C=O) groups excluding carboxylic acids is 3. The highest BCUT2D eigenvalue weighted by Crippen LogP contribution is 2.06. The van der Waals surface area contributed by atoms with Gasteiger partial charge in [-0.2, -0.15) is 12.6 Å². The lowest BCUT2D eigenvalue weighted by atomic mass is 10.1. The molecule has 12 heteroatoms. The van der Waals surface area contributed by atoms with E-state index < -0.39 is 54.0 Å². The van der Waals surface area contributed by atoms with Crippen molar-refractivity contribution in [3.8, 4) is 0 Å². The van der Waals surface area contributed by atoms with Crippen molar-refractivity contribution in [2.24, 2.45) is 11.5 Å². The van der Waals surface area contributed by atoms with Gasteiger partial charge >= 0.3 is 5.97 Å². The Hall–Kier alpha value is -2.67. The van der Waals surface area contributed by atoms with Gasteiger partial charge in [0.1, 0.15) is 24.2 Å². The van der Waals surface area contributed by atoms with Gasteiger partial charge in [-0.25, -0.2) is 4.79 Å². The summed E-state index contributed by atoms with van der Waals surface area (Å²) in [5.74, 6) is -3.43. The third-order valence-electron chi connectivity index (χ3n) is 5.12. The van der Waals surface area contributed by atoms with Crippen LogP contribution in [0.25, 0.3) is 0 Å². The summed E-state index contributed by atoms with van der Waals surface area (Å²) in [6.07, 6.45) is 0.298.